The van der Waals surface area contributed by atoms with Crippen molar-refractivity contribution in [2.45, 2.75) is 0 Å². The summed E-state index contributed by atoms with van der Waals surface area (Å²) < 4.78 is 0. The zero-order chi connectivity index (χ0) is 10.6. The van der Waals surface area contributed by atoms with Crippen LogP contribution in [0.1, 0.15) is 0 Å². The van der Waals surface area contributed by atoms with Gasteiger partial charge in [0.15, 0.2) is 0 Å². The van der Waals surface area contributed by atoms with Crippen molar-refractivity contribution in [2.24, 2.45) is 16.0 Å². The van der Waals surface area contributed by atoms with E-state index in [2.05, 4.69) is 10.2 Å². The van der Waals surface area contributed by atoms with E-state index < -0.39 is 11.0 Å². The highest BCUT2D eigenvalue weighted by atomic mass is 16.6. The zero-order valence-electron chi connectivity index (χ0n) is 6.95. The minimum absolute atomic E-state index is 0.0528. The largest absolute Gasteiger partial charge is 0.356 e. The van der Waals surface area contributed by atoms with Gasteiger partial charge in [0.1, 0.15) is 0 Å². The van der Waals surface area contributed by atoms with E-state index in [-0.39, 0.29) is 5.69 Å². The fourth-order valence-corrected chi connectivity index (χ4v) is 0.748. The first-order valence-corrected chi connectivity index (χ1v) is 3.55. The number of hydrogen-bond donors (Lipinski definition) is 1. The van der Waals surface area contributed by atoms with Gasteiger partial charge in [-0.3, -0.25) is 10.1 Å². The first kappa shape index (κ1) is 9.78. The lowest BCUT2D eigenvalue weighted by molar-refractivity contribution is -0.384. The molecule has 0 bridgehead atoms. The van der Waals surface area contributed by atoms with Crippen LogP contribution in [0.3, 0.4) is 0 Å². The highest BCUT2D eigenvalue weighted by Gasteiger charge is 2.02. The fraction of sp³-hybridized carbons (Fsp3) is 0. The molecule has 1 aromatic carbocycles. The van der Waals surface area contributed by atoms with E-state index >= 15 is 0 Å². The van der Waals surface area contributed by atoms with E-state index in [1.54, 1.807) is 0 Å². The summed E-state index contributed by atoms with van der Waals surface area (Å²) >= 11 is 0. The van der Waals surface area contributed by atoms with Gasteiger partial charge < -0.3 is 5.73 Å². The number of azo groups is 1. The zero-order valence-corrected chi connectivity index (χ0v) is 6.95. The third-order valence-corrected chi connectivity index (χ3v) is 1.32. The number of carbonyl (C=O) groups is 1. The summed E-state index contributed by atoms with van der Waals surface area (Å²) in [6.45, 7) is 0. The van der Waals surface area contributed by atoms with Gasteiger partial charge in [0, 0.05) is 12.1 Å². The predicted molar refractivity (Wildman–Crippen MR) is 47.2 cm³/mol. The lowest BCUT2D eigenvalue weighted by Crippen LogP contribution is -2.01. The van der Waals surface area contributed by atoms with Crippen LogP contribution >= 0.6 is 0 Å². The van der Waals surface area contributed by atoms with Crippen molar-refractivity contribution in [2.75, 3.05) is 0 Å². The van der Waals surface area contributed by atoms with E-state index in [9.17, 15) is 14.9 Å². The normalized spacial score (nSPS) is 10.3. The van der Waals surface area contributed by atoms with E-state index in [0.29, 0.717) is 5.69 Å². The maximum Gasteiger partial charge on any atom is 0.356 e. The minimum atomic E-state index is -0.914. The van der Waals surface area contributed by atoms with Gasteiger partial charge in [-0.2, -0.15) is 0 Å². The Morgan fingerprint density at radius 2 is 1.93 bits per heavy atom. The highest BCUT2D eigenvalue weighted by molar-refractivity contribution is 5.72. The molecule has 0 aliphatic carbocycles. The molecule has 0 atom stereocenters. The van der Waals surface area contributed by atoms with E-state index in [4.69, 9.17) is 5.73 Å². The first-order chi connectivity index (χ1) is 6.59. The summed E-state index contributed by atoms with van der Waals surface area (Å²) in [6.07, 6.45) is 0. The maximum atomic E-state index is 10.3. The average Bonchev–Trinajstić information content (AvgIpc) is 2.15. The van der Waals surface area contributed by atoms with Crippen LogP contribution in [0.5, 0.6) is 0 Å². The molecule has 2 N–H and O–H groups in total. The Morgan fingerprint density at radius 1 is 1.36 bits per heavy atom. The van der Waals surface area contributed by atoms with Crippen molar-refractivity contribution in [1.29, 1.82) is 0 Å². The molecule has 0 aliphatic rings. The van der Waals surface area contributed by atoms with Crippen LogP contribution in [0.15, 0.2) is 34.5 Å². The summed E-state index contributed by atoms with van der Waals surface area (Å²) in [5.41, 5.74) is 4.99. The van der Waals surface area contributed by atoms with Crippen LogP contribution in [0, 0.1) is 10.1 Å². The van der Waals surface area contributed by atoms with Crippen LogP contribution in [0.4, 0.5) is 16.2 Å². The number of nitrogens with two attached hydrogens (primary N) is 1. The number of rotatable bonds is 2. The second-order valence-corrected chi connectivity index (χ2v) is 2.31. The van der Waals surface area contributed by atoms with Crippen molar-refractivity contribution in [3.05, 3.63) is 34.4 Å². The molecule has 0 heterocycles. The summed E-state index contributed by atoms with van der Waals surface area (Å²) in [5, 5.41) is 16.8. The Bertz CT molecular complexity index is 384. The quantitative estimate of drug-likeness (QED) is 0.439. The Balaban J connectivity index is 2.83. The topological polar surface area (TPSA) is 111 Å². The van der Waals surface area contributed by atoms with Crippen LogP contribution < -0.4 is 5.73 Å². The molecule has 2 amide bonds. The summed E-state index contributed by atoms with van der Waals surface area (Å²) in [5.74, 6) is 0. The molecule has 14 heavy (non-hydrogen) atoms. The highest BCUT2D eigenvalue weighted by Crippen LogP contribution is 2.17. The molecule has 0 saturated heterocycles. The van der Waals surface area contributed by atoms with Crippen molar-refractivity contribution in [3.63, 3.8) is 0 Å². The standard InChI is InChI=1S/C7H6N4O3/c8-7(12)10-9-5-1-3-6(4-2-5)11(13)14/h1-4H,(H2,8,12). The SMILES string of the molecule is NC(=O)N=Nc1ccc([N+](=O)[O-])cc1. The lowest BCUT2D eigenvalue weighted by atomic mass is 10.3. The predicted octanol–water partition coefficient (Wildman–Crippen LogP) is 1.76. The number of non-ortho nitro benzene ring substituents is 1. The number of amides is 2. The van der Waals surface area contributed by atoms with Crippen molar-refractivity contribution < 1.29 is 9.72 Å². The summed E-state index contributed by atoms with van der Waals surface area (Å²) in [6, 6.07) is 4.34. The van der Waals surface area contributed by atoms with Crippen molar-refractivity contribution in [1.82, 2.24) is 0 Å². The Kier molecular flexibility index (Phi) is 2.85. The van der Waals surface area contributed by atoms with Crippen LogP contribution in [-0.4, -0.2) is 11.0 Å². The van der Waals surface area contributed by atoms with Crippen LogP contribution in [0.2, 0.25) is 0 Å². The monoisotopic (exact) mass is 194 g/mol. The van der Waals surface area contributed by atoms with Gasteiger partial charge >= 0.3 is 6.03 Å². The molecule has 0 aromatic heterocycles. The Hall–Kier alpha value is -2.31. The van der Waals surface area contributed by atoms with Crippen LogP contribution in [-0.2, 0) is 0 Å². The number of nitro benzene ring substituents is 1. The van der Waals surface area contributed by atoms with Gasteiger partial charge in [-0.25, -0.2) is 4.79 Å². The smallest absolute Gasteiger partial charge is 0.348 e. The molecule has 0 radical (unpaired) electrons. The molecular formula is C7H6N4O3. The van der Waals surface area contributed by atoms with Gasteiger partial charge in [-0.1, -0.05) is 5.11 Å². The number of carbonyl (C=O) groups excluding carboxylic acids is 1. The number of benzene rings is 1. The molecule has 1 aromatic rings. The van der Waals surface area contributed by atoms with Gasteiger partial charge in [-0.15, -0.1) is 5.11 Å². The number of nitro groups is 1. The molecule has 1 rings (SSSR count). The fourth-order valence-electron chi connectivity index (χ4n) is 0.748. The van der Waals surface area contributed by atoms with Crippen LogP contribution in [0.25, 0.3) is 0 Å². The van der Waals surface area contributed by atoms with E-state index in [1.807, 2.05) is 0 Å². The number of nitrogens with zero attached hydrogens (tertiary/aromatic N) is 3. The molecule has 0 spiro atoms. The van der Waals surface area contributed by atoms with E-state index in [0.717, 1.165) is 0 Å². The van der Waals surface area contributed by atoms with Crippen molar-refractivity contribution in [3.8, 4) is 0 Å². The van der Waals surface area contributed by atoms with Gasteiger partial charge in [0.25, 0.3) is 5.69 Å². The van der Waals surface area contributed by atoms with Gasteiger partial charge in [-0.05, 0) is 12.1 Å². The number of urea groups is 1. The third-order valence-electron chi connectivity index (χ3n) is 1.32. The number of hydrogen-bond acceptors (Lipinski definition) is 4. The molecule has 72 valence electrons. The maximum absolute atomic E-state index is 10.3. The third kappa shape index (κ3) is 2.63. The molecule has 7 heteroatoms. The van der Waals surface area contributed by atoms with Gasteiger partial charge in [0.2, 0.25) is 0 Å². The molecular weight excluding hydrogens is 188 g/mol. The second-order valence-electron chi connectivity index (χ2n) is 2.31. The Morgan fingerprint density at radius 3 is 2.36 bits per heavy atom. The first-order valence-electron chi connectivity index (χ1n) is 3.55. The number of primary amides is 1. The van der Waals surface area contributed by atoms with Crippen molar-refractivity contribution >= 4 is 17.4 Å². The molecule has 0 fully saturated rings. The molecule has 0 aliphatic heterocycles. The lowest BCUT2D eigenvalue weighted by Gasteiger charge is -1.91. The van der Waals surface area contributed by atoms with E-state index in [1.165, 1.54) is 24.3 Å². The van der Waals surface area contributed by atoms with Gasteiger partial charge in [0.05, 0.1) is 10.6 Å². The second kappa shape index (κ2) is 4.08. The summed E-state index contributed by atoms with van der Waals surface area (Å²) in [7, 11) is 0. The molecule has 0 unspecified atom stereocenters. The molecule has 7 nitrogen and oxygen atoms in total. The molecule has 0 saturated carbocycles. The Labute approximate surface area is 78.4 Å². The average molecular weight is 194 g/mol. The minimum Gasteiger partial charge on any atom is -0.348 e. The summed E-state index contributed by atoms with van der Waals surface area (Å²) in [4.78, 5) is 19.9.